The number of hydrogen-bond donors (Lipinski definition) is 10. The number of primary amides is 1. The predicted molar refractivity (Wildman–Crippen MR) is 183 cm³/mol. The average molecular weight is 735 g/mol. The maximum atomic E-state index is 13.6. The predicted octanol–water partition coefficient (Wildman–Crippen LogP) is -3.43. The molecule has 6 atom stereocenters. The number of hydrogen-bond acceptors (Lipinski definition) is 11. The number of carboxylic acid groups (broad SMARTS) is 1. The van der Waals surface area contributed by atoms with Crippen molar-refractivity contribution in [3.63, 3.8) is 0 Å². The van der Waals surface area contributed by atoms with Crippen molar-refractivity contribution in [1.82, 2.24) is 31.5 Å². The van der Waals surface area contributed by atoms with E-state index in [2.05, 4.69) is 26.6 Å². The molecule has 19 nitrogen and oxygen atoms in total. The van der Waals surface area contributed by atoms with E-state index >= 15 is 0 Å². The summed E-state index contributed by atoms with van der Waals surface area (Å²) in [6.45, 7) is 5.05. The third-order valence-electron chi connectivity index (χ3n) is 8.32. The van der Waals surface area contributed by atoms with Crippen LogP contribution >= 0.6 is 0 Å². The number of likely N-dealkylation sites (tertiary alicyclic amines) is 1. The van der Waals surface area contributed by atoms with E-state index in [0.29, 0.717) is 12.0 Å². The van der Waals surface area contributed by atoms with Gasteiger partial charge in [0.1, 0.15) is 36.0 Å². The second-order valence-electron chi connectivity index (χ2n) is 13.2. The van der Waals surface area contributed by atoms with Gasteiger partial charge >= 0.3 is 5.97 Å². The first kappa shape index (κ1) is 42.9. The molecule has 1 aliphatic heterocycles. The van der Waals surface area contributed by atoms with Crippen LogP contribution in [0.2, 0.25) is 0 Å². The number of carbonyl (C=O) groups excluding carboxylic acids is 7. The first-order valence-electron chi connectivity index (χ1n) is 16.8. The van der Waals surface area contributed by atoms with Gasteiger partial charge in [0.15, 0.2) is 0 Å². The third-order valence-corrected chi connectivity index (χ3v) is 8.32. The minimum absolute atomic E-state index is 0.0476. The molecule has 1 aromatic carbocycles. The Morgan fingerprint density at radius 2 is 1.46 bits per heavy atom. The number of benzene rings is 1. The number of nitrogens with one attached hydrogen (secondary N) is 5. The van der Waals surface area contributed by atoms with Crippen LogP contribution in [0.1, 0.15) is 52.5 Å². The van der Waals surface area contributed by atoms with Crippen molar-refractivity contribution in [1.29, 1.82) is 0 Å². The van der Waals surface area contributed by atoms with Crippen molar-refractivity contribution in [2.75, 3.05) is 19.7 Å². The number of rotatable bonds is 19. The molecule has 1 aromatic rings. The molecule has 0 saturated carbocycles. The Hall–Kier alpha value is -5.30. The van der Waals surface area contributed by atoms with Gasteiger partial charge in [-0.3, -0.25) is 33.6 Å². The zero-order valence-corrected chi connectivity index (χ0v) is 29.6. The molecule has 0 aromatic heterocycles. The van der Waals surface area contributed by atoms with Crippen LogP contribution in [0, 0.1) is 11.8 Å². The quantitative estimate of drug-likeness (QED) is 0.0664. The molecule has 0 radical (unpaired) electrons. The van der Waals surface area contributed by atoms with E-state index in [9.17, 15) is 53.7 Å². The summed E-state index contributed by atoms with van der Waals surface area (Å²) in [6, 6.07) is -1.77. The van der Waals surface area contributed by atoms with Crippen LogP contribution in [0.3, 0.4) is 0 Å². The molecule has 0 aliphatic carbocycles. The number of nitrogens with zero attached hydrogens (tertiary/aromatic N) is 1. The van der Waals surface area contributed by atoms with E-state index in [4.69, 9.17) is 11.5 Å². The van der Waals surface area contributed by atoms with Gasteiger partial charge in [-0.15, -0.1) is 0 Å². The number of amides is 7. The molecule has 52 heavy (non-hydrogen) atoms. The highest BCUT2D eigenvalue weighted by molar-refractivity contribution is 5.97. The number of nitrogens with two attached hydrogens (primary N) is 2. The Labute approximate surface area is 300 Å². The van der Waals surface area contributed by atoms with Crippen molar-refractivity contribution in [2.24, 2.45) is 23.3 Å². The summed E-state index contributed by atoms with van der Waals surface area (Å²) < 4.78 is 0. The Morgan fingerprint density at radius 3 is 2.00 bits per heavy atom. The molecule has 19 heteroatoms. The van der Waals surface area contributed by atoms with E-state index < -0.39 is 115 Å². The van der Waals surface area contributed by atoms with E-state index in [1.807, 2.05) is 0 Å². The Morgan fingerprint density at radius 1 is 0.846 bits per heavy atom. The molecule has 12 N–H and O–H groups in total. The van der Waals surface area contributed by atoms with Crippen molar-refractivity contribution in [3.05, 3.63) is 29.8 Å². The zero-order valence-electron chi connectivity index (χ0n) is 29.6. The second kappa shape index (κ2) is 19.9. The average Bonchev–Trinajstić information content (AvgIpc) is 3.57. The van der Waals surface area contributed by atoms with Crippen molar-refractivity contribution in [2.45, 2.75) is 89.6 Å². The number of aliphatic hydroxyl groups is 1. The summed E-state index contributed by atoms with van der Waals surface area (Å²) in [5.74, 6) is -7.89. The van der Waals surface area contributed by atoms with Crippen LogP contribution in [-0.4, -0.2) is 123 Å². The van der Waals surface area contributed by atoms with Crippen molar-refractivity contribution < 1.29 is 53.7 Å². The van der Waals surface area contributed by atoms with Crippen LogP contribution in [0.25, 0.3) is 0 Å². The van der Waals surface area contributed by atoms with Crippen LogP contribution < -0.4 is 38.1 Å². The standard InChI is InChI=1S/C33H50N8O11/c1-16(2)26(39-30(48)23-6-5-11-41(23)32(50)20(34)13-24(35)44)31(49)38-21(12-18-7-9-19(43)10-8-18)28(46)36-14-25(45)37-22(15-42)29(47)40-27(17(3)4)33(51)52/h7-10,16-17,20-23,26-27,42-43H,5-6,11-15,34H2,1-4H3,(H2,35,44)(H,36,46)(H,37,45)(H,38,49)(H,39,48)(H,40,47)(H,51,52). The molecular formula is C33H50N8O11. The zero-order chi connectivity index (χ0) is 39.3. The summed E-state index contributed by atoms with van der Waals surface area (Å²) >= 11 is 0. The van der Waals surface area contributed by atoms with Crippen LogP contribution in [0.4, 0.5) is 0 Å². The topological polar surface area (TPSA) is 313 Å². The maximum absolute atomic E-state index is 13.6. The smallest absolute Gasteiger partial charge is 0.326 e. The molecule has 1 aliphatic rings. The van der Waals surface area contributed by atoms with Crippen molar-refractivity contribution in [3.8, 4) is 5.75 Å². The summed E-state index contributed by atoms with van der Waals surface area (Å²) in [6.07, 6.45) is 0.223. The number of carbonyl (C=O) groups is 8. The highest BCUT2D eigenvalue weighted by Crippen LogP contribution is 2.20. The van der Waals surface area contributed by atoms with Crippen LogP contribution in [0.5, 0.6) is 5.75 Å². The van der Waals surface area contributed by atoms with E-state index in [1.54, 1.807) is 27.7 Å². The summed E-state index contributed by atoms with van der Waals surface area (Å²) in [5.41, 5.74) is 11.5. The molecule has 6 unspecified atom stereocenters. The minimum Gasteiger partial charge on any atom is -0.508 e. The van der Waals surface area contributed by atoms with E-state index in [-0.39, 0.29) is 25.1 Å². The second-order valence-corrected chi connectivity index (χ2v) is 13.2. The highest BCUT2D eigenvalue weighted by Gasteiger charge is 2.39. The van der Waals surface area contributed by atoms with Gasteiger partial charge in [0.05, 0.1) is 25.6 Å². The number of carboxylic acids is 1. The van der Waals surface area contributed by atoms with Gasteiger partial charge in [0.25, 0.3) is 0 Å². The summed E-state index contributed by atoms with van der Waals surface area (Å²) in [4.78, 5) is 102. The van der Waals surface area contributed by atoms with E-state index in [1.165, 1.54) is 29.2 Å². The SMILES string of the molecule is CC(C)C(NC(=O)C(CO)NC(=O)CNC(=O)C(Cc1ccc(O)cc1)NC(=O)C(NC(=O)C1CCCN1C(=O)C(N)CC(N)=O)C(C)C)C(=O)O. The molecule has 0 bridgehead atoms. The fourth-order valence-electron chi connectivity index (χ4n) is 5.44. The normalized spacial score (nSPS) is 16.9. The lowest BCUT2D eigenvalue weighted by Crippen LogP contribution is -2.59. The molecule has 288 valence electrons. The first-order chi connectivity index (χ1) is 24.4. The number of aliphatic hydroxyl groups excluding tert-OH is 1. The highest BCUT2D eigenvalue weighted by atomic mass is 16.4. The number of phenols is 1. The van der Waals surface area contributed by atoms with Gasteiger partial charge < -0.3 is 58.3 Å². The van der Waals surface area contributed by atoms with Crippen LogP contribution in [-0.2, 0) is 44.8 Å². The minimum atomic E-state index is -1.53. The van der Waals surface area contributed by atoms with E-state index in [0.717, 1.165) is 0 Å². The third kappa shape index (κ3) is 12.8. The summed E-state index contributed by atoms with van der Waals surface area (Å²) in [5, 5.41) is 40.8. The lowest BCUT2D eigenvalue weighted by atomic mass is 10.00. The fourth-order valence-corrected chi connectivity index (χ4v) is 5.44. The Kier molecular flexibility index (Phi) is 16.4. The Bertz CT molecular complexity index is 1470. The molecule has 1 fully saturated rings. The van der Waals surface area contributed by atoms with Gasteiger partial charge in [0.2, 0.25) is 41.4 Å². The van der Waals surface area contributed by atoms with Gasteiger partial charge in [0, 0.05) is 13.0 Å². The molecule has 2 rings (SSSR count). The van der Waals surface area contributed by atoms with Crippen molar-refractivity contribution >= 4 is 47.3 Å². The lowest BCUT2D eigenvalue weighted by molar-refractivity contribution is -0.143. The lowest BCUT2D eigenvalue weighted by Gasteiger charge is -2.30. The maximum Gasteiger partial charge on any atom is 0.326 e. The molecule has 1 saturated heterocycles. The fraction of sp³-hybridized carbons (Fsp3) is 0.576. The largest absolute Gasteiger partial charge is 0.508 e. The monoisotopic (exact) mass is 734 g/mol. The van der Waals surface area contributed by atoms with Gasteiger partial charge in [-0.25, -0.2) is 4.79 Å². The number of aliphatic carboxylic acids is 1. The molecule has 0 spiro atoms. The first-order valence-corrected chi connectivity index (χ1v) is 16.8. The van der Waals surface area contributed by atoms with Crippen LogP contribution in [0.15, 0.2) is 24.3 Å². The van der Waals surface area contributed by atoms with Gasteiger partial charge in [-0.05, 0) is 42.4 Å². The molecule has 1 heterocycles. The Balaban J connectivity index is 2.17. The van der Waals surface area contributed by atoms with Gasteiger partial charge in [-0.1, -0.05) is 39.8 Å². The number of aromatic hydroxyl groups is 1. The summed E-state index contributed by atoms with van der Waals surface area (Å²) in [7, 11) is 0. The van der Waals surface area contributed by atoms with Gasteiger partial charge in [-0.2, -0.15) is 0 Å². The molecule has 7 amide bonds. The number of phenolic OH excluding ortho intramolecular Hbond substituents is 1. The molecular weight excluding hydrogens is 684 g/mol.